The Kier molecular flexibility index (Phi) is 6.20. The van der Waals surface area contributed by atoms with E-state index in [0.29, 0.717) is 5.69 Å². The van der Waals surface area contributed by atoms with Crippen LogP contribution < -0.4 is 14.8 Å². The number of nitrogens with one attached hydrogen (secondary N) is 1. The zero-order valence-corrected chi connectivity index (χ0v) is 20.1. The Morgan fingerprint density at radius 2 is 1.86 bits per heavy atom. The molecule has 4 atom stereocenters. The highest BCUT2D eigenvalue weighted by Crippen LogP contribution is 2.52. The summed E-state index contributed by atoms with van der Waals surface area (Å²) >= 11 is 0. The second kappa shape index (κ2) is 9.49. The van der Waals surface area contributed by atoms with Crippen LogP contribution in [0.3, 0.4) is 0 Å². The molecule has 11 heteroatoms. The van der Waals surface area contributed by atoms with Gasteiger partial charge in [0.1, 0.15) is 0 Å². The van der Waals surface area contributed by atoms with E-state index in [2.05, 4.69) is 10.4 Å². The number of imide groups is 1. The van der Waals surface area contributed by atoms with Crippen LogP contribution in [-0.2, 0) is 14.4 Å². The number of methoxy groups -OCH3 is 1. The Bertz CT molecular complexity index is 1340. The SMILES string of the molecule is COc1cc(C=NN2C(=O)[C@@H]3[C@H](C2=O)[C@H]2C=C[C@H]3C2)cc([N+](=O)[O-])c1OCC(=O)Nc1ccccc1C. The largest absolute Gasteiger partial charge is 0.493 e. The lowest BCUT2D eigenvalue weighted by atomic mass is 9.85. The summed E-state index contributed by atoms with van der Waals surface area (Å²) in [7, 11) is 1.30. The molecular weight excluding hydrogens is 480 g/mol. The molecule has 2 aliphatic carbocycles. The molecule has 1 N–H and O–H groups in total. The van der Waals surface area contributed by atoms with Gasteiger partial charge < -0.3 is 14.8 Å². The van der Waals surface area contributed by atoms with Crippen LogP contribution in [0.2, 0.25) is 0 Å². The molecular formula is C26H24N4O7. The topological polar surface area (TPSA) is 140 Å². The second-order valence-corrected chi connectivity index (χ2v) is 9.21. The molecule has 190 valence electrons. The predicted molar refractivity (Wildman–Crippen MR) is 132 cm³/mol. The van der Waals surface area contributed by atoms with Crippen molar-refractivity contribution in [1.82, 2.24) is 5.01 Å². The average molecular weight is 504 g/mol. The molecule has 11 nitrogen and oxygen atoms in total. The van der Waals surface area contributed by atoms with E-state index < -0.39 is 35.0 Å². The molecule has 1 heterocycles. The van der Waals surface area contributed by atoms with E-state index in [-0.39, 0.29) is 40.7 Å². The van der Waals surface area contributed by atoms with Gasteiger partial charge in [-0.25, -0.2) is 0 Å². The van der Waals surface area contributed by atoms with Gasteiger partial charge in [0.25, 0.3) is 17.7 Å². The van der Waals surface area contributed by atoms with E-state index in [0.717, 1.165) is 17.0 Å². The van der Waals surface area contributed by atoms with Crippen molar-refractivity contribution in [3.8, 4) is 11.5 Å². The van der Waals surface area contributed by atoms with Crippen molar-refractivity contribution in [2.45, 2.75) is 13.3 Å². The smallest absolute Gasteiger partial charge is 0.315 e. The van der Waals surface area contributed by atoms with Crippen molar-refractivity contribution in [3.05, 3.63) is 69.8 Å². The lowest BCUT2D eigenvalue weighted by molar-refractivity contribution is -0.385. The number of amides is 3. The Balaban J connectivity index is 1.33. The molecule has 37 heavy (non-hydrogen) atoms. The fourth-order valence-electron chi connectivity index (χ4n) is 5.28. The first kappa shape index (κ1) is 24.2. The van der Waals surface area contributed by atoms with Gasteiger partial charge in [0.05, 0.1) is 30.1 Å². The highest BCUT2D eigenvalue weighted by atomic mass is 16.6. The van der Waals surface area contributed by atoms with Crippen molar-refractivity contribution < 1.29 is 28.8 Å². The number of fused-ring (bicyclic) bond motifs is 5. The summed E-state index contributed by atoms with van der Waals surface area (Å²) < 4.78 is 10.8. The van der Waals surface area contributed by atoms with Crippen LogP contribution in [0.25, 0.3) is 0 Å². The van der Waals surface area contributed by atoms with E-state index >= 15 is 0 Å². The lowest BCUT2D eigenvalue weighted by Gasteiger charge is -2.13. The highest BCUT2D eigenvalue weighted by Gasteiger charge is 2.59. The van der Waals surface area contributed by atoms with Gasteiger partial charge in [0.2, 0.25) is 5.75 Å². The normalized spacial score (nSPS) is 23.6. The van der Waals surface area contributed by atoms with E-state index in [4.69, 9.17) is 9.47 Å². The zero-order chi connectivity index (χ0) is 26.3. The fraction of sp³-hybridized carbons (Fsp3) is 0.308. The minimum Gasteiger partial charge on any atom is -0.493 e. The number of carbonyl (C=O) groups is 3. The molecule has 2 aromatic rings. The number of allylic oxidation sites excluding steroid dienone is 2. The minimum atomic E-state index is -0.672. The number of hydrazone groups is 1. The quantitative estimate of drug-likeness (QED) is 0.191. The van der Waals surface area contributed by atoms with Gasteiger partial charge in [0, 0.05) is 17.3 Å². The first-order valence-electron chi connectivity index (χ1n) is 11.7. The molecule has 1 saturated heterocycles. The highest BCUT2D eigenvalue weighted by molar-refractivity contribution is 6.06. The van der Waals surface area contributed by atoms with E-state index in [1.807, 2.05) is 31.2 Å². The van der Waals surface area contributed by atoms with Gasteiger partial charge in [0.15, 0.2) is 12.4 Å². The number of carbonyl (C=O) groups excluding carboxylic acids is 3. The number of nitro benzene ring substituents is 1. The van der Waals surface area contributed by atoms with Crippen molar-refractivity contribution in [1.29, 1.82) is 0 Å². The number of rotatable bonds is 8. The first-order chi connectivity index (χ1) is 17.8. The number of nitro groups is 1. The molecule has 3 amide bonds. The Hall–Kier alpha value is -4.54. The third-order valence-corrected chi connectivity index (χ3v) is 7.01. The molecule has 0 radical (unpaired) electrons. The Morgan fingerprint density at radius 3 is 2.49 bits per heavy atom. The van der Waals surface area contributed by atoms with Crippen molar-refractivity contribution >= 4 is 35.3 Å². The molecule has 0 aromatic heterocycles. The maximum atomic E-state index is 12.8. The summed E-state index contributed by atoms with van der Waals surface area (Å²) in [6.07, 6.45) is 5.98. The predicted octanol–water partition coefficient (Wildman–Crippen LogP) is 3.07. The number of para-hydroxylation sites is 1. The minimum absolute atomic E-state index is 0.00229. The van der Waals surface area contributed by atoms with Crippen molar-refractivity contribution in [3.63, 3.8) is 0 Å². The number of aryl methyl sites for hydroxylation is 1. The molecule has 3 aliphatic rings. The monoisotopic (exact) mass is 504 g/mol. The summed E-state index contributed by atoms with van der Waals surface area (Å²) in [5, 5.41) is 19.4. The number of anilines is 1. The van der Waals surface area contributed by atoms with Crippen LogP contribution in [0.1, 0.15) is 17.5 Å². The Morgan fingerprint density at radius 1 is 1.19 bits per heavy atom. The summed E-state index contributed by atoms with van der Waals surface area (Å²) in [5.74, 6) is -2.15. The van der Waals surface area contributed by atoms with Gasteiger partial charge >= 0.3 is 5.69 Å². The van der Waals surface area contributed by atoms with Crippen molar-refractivity contribution in [2.75, 3.05) is 19.0 Å². The standard InChI is InChI=1S/C26H24N4O7/c1-14-5-3-4-6-18(14)28-21(31)13-37-24-19(30(34)35)9-15(10-20(24)36-2)12-27-29-25(32)22-16-7-8-17(11-16)23(22)26(29)33/h3-10,12,16-17,22-23H,11,13H2,1-2H3,(H,28,31)/t16-,17-,22-,23+/m0/s1. The van der Waals surface area contributed by atoms with Gasteiger partial charge in [-0.15, -0.1) is 0 Å². The fourth-order valence-corrected chi connectivity index (χ4v) is 5.28. The molecule has 2 bridgehead atoms. The Labute approximate surface area is 211 Å². The van der Waals surface area contributed by atoms with Crippen LogP contribution >= 0.6 is 0 Å². The first-order valence-corrected chi connectivity index (χ1v) is 11.7. The summed E-state index contributed by atoms with van der Waals surface area (Å²) in [5.41, 5.74) is 1.22. The maximum absolute atomic E-state index is 12.8. The molecule has 5 rings (SSSR count). The molecule has 2 aromatic carbocycles. The summed E-state index contributed by atoms with van der Waals surface area (Å²) in [4.78, 5) is 49.2. The van der Waals surface area contributed by atoms with Crippen LogP contribution in [0.15, 0.2) is 53.7 Å². The average Bonchev–Trinajstić information content (AvgIpc) is 3.56. The van der Waals surface area contributed by atoms with Gasteiger partial charge in [-0.1, -0.05) is 30.4 Å². The third-order valence-electron chi connectivity index (χ3n) is 7.01. The van der Waals surface area contributed by atoms with Crippen LogP contribution in [-0.4, -0.2) is 47.6 Å². The number of benzene rings is 2. The van der Waals surface area contributed by atoms with Crippen LogP contribution in [0.5, 0.6) is 11.5 Å². The number of hydrogen-bond acceptors (Lipinski definition) is 8. The molecule has 0 spiro atoms. The van der Waals surface area contributed by atoms with E-state index in [1.54, 1.807) is 12.1 Å². The maximum Gasteiger partial charge on any atom is 0.315 e. The zero-order valence-electron chi connectivity index (χ0n) is 20.1. The summed E-state index contributed by atoms with van der Waals surface area (Å²) in [6, 6.07) is 9.77. The number of hydrogen-bond donors (Lipinski definition) is 1. The van der Waals surface area contributed by atoms with Crippen LogP contribution in [0.4, 0.5) is 11.4 Å². The molecule has 0 unspecified atom stereocenters. The summed E-state index contributed by atoms with van der Waals surface area (Å²) in [6.45, 7) is 1.34. The third kappa shape index (κ3) is 4.32. The molecule has 2 fully saturated rings. The van der Waals surface area contributed by atoms with E-state index in [9.17, 15) is 24.5 Å². The molecule has 1 aliphatic heterocycles. The second-order valence-electron chi connectivity index (χ2n) is 9.21. The number of ether oxygens (including phenoxy) is 2. The van der Waals surface area contributed by atoms with Crippen LogP contribution in [0, 0.1) is 40.7 Å². The lowest BCUT2D eigenvalue weighted by Crippen LogP contribution is -2.28. The van der Waals surface area contributed by atoms with E-state index in [1.165, 1.54) is 25.5 Å². The molecule has 1 saturated carbocycles. The van der Waals surface area contributed by atoms with Gasteiger partial charge in [-0.3, -0.25) is 24.5 Å². The van der Waals surface area contributed by atoms with Crippen molar-refractivity contribution in [2.24, 2.45) is 28.8 Å². The van der Waals surface area contributed by atoms with Gasteiger partial charge in [-0.2, -0.15) is 10.1 Å². The van der Waals surface area contributed by atoms with Gasteiger partial charge in [-0.05, 0) is 42.9 Å². The number of nitrogens with zero attached hydrogens (tertiary/aromatic N) is 3.